The van der Waals surface area contributed by atoms with Gasteiger partial charge < -0.3 is 14.0 Å². The molecule has 0 aliphatic carbocycles. The Hall–Kier alpha value is -2.65. The van der Waals surface area contributed by atoms with Crippen LogP contribution >= 0.6 is 11.3 Å². The van der Waals surface area contributed by atoms with E-state index in [0.29, 0.717) is 36.1 Å². The number of fused-ring (bicyclic) bond motifs is 2. The lowest BCUT2D eigenvalue weighted by molar-refractivity contribution is 0.0997. The molecule has 0 spiro atoms. The molecule has 1 amide bonds. The SMILES string of the molecule is CCn1c(=NC(=O)c2cccc(S(=O)(=O)CC)c2)sc2cc3c(cc21)OCCO3. The molecule has 0 N–H and O–H groups in total. The van der Waals surface area contributed by atoms with Gasteiger partial charge in [-0.15, -0.1) is 0 Å². The third kappa shape index (κ3) is 3.67. The monoisotopic (exact) mass is 432 g/mol. The number of ether oxygens (including phenoxy) is 2. The number of carbonyl (C=O) groups excluding carboxylic acids is 1. The third-order valence-corrected chi connectivity index (χ3v) is 7.45. The Morgan fingerprint density at radius 3 is 2.55 bits per heavy atom. The molecule has 1 aliphatic heterocycles. The van der Waals surface area contributed by atoms with Gasteiger partial charge in [0.15, 0.2) is 26.1 Å². The number of amides is 1. The molecule has 0 saturated carbocycles. The van der Waals surface area contributed by atoms with Gasteiger partial charge in [0.25, 0.3) is 5.91 Å². The van der Waals surface area contributed by atoms with Crippen molar-refractivity contribution >= 4 is 37.3 Å². The summed E-state index contributed by atoms with van der Waals surface area (Å²) in [6.07, 6.45) is 0. The van der Waals surface area contributed by atoms with Gasteiger partial charge in [-0.3, -0.25) is 4.79 Å². The zero-order valence-corrected chi connectivity index (χ0v) is 17.7. The second-order valence-electron chi connectivity index (χ2n) is 6.44. The van der Waals surface area contributed by atoms with Crippen LogP contribution in [0.15, 0.2) is 46.3 Å². The first-order valence-electron chi connectivity index (χ1n) is 9.28. The molecule has 1 aromatic heterocycles. The molecule has 9 heteroatoms. The molecule has 0 bridgehead atoms. The molecule has 1 aliphatic rings. The van der Waals surface area contributed by atoms with E-state index in [1.165, 1.54) is 23.5 Å². The van der Waals surface area contributed by atoms with Gasteiger partial charge in [-0.2, -0.15) is 4.99 Å². The fourth-order valence-corrected chi connectivity index (χ4v) is 5.17. The summed E-state index contributed by atoms with van der Waals surface area (Å²) in [7, 11) is -3.39. The molecular weight excluding hydrogens is 412 g/mol. The predicted octanol–water partition coefficient (Wildman–Crippen LogP) is 3.03. The zero-order valence-electron chi connectivity index (χ0n) is 16.0. The molecule has 0 fully saturated rings. The Kier molecular flexibility index (Phi) is 5.18. The first kappa shape index (κ1) is 19.7. The maximum absolute atomic E-state index is 12.8. The lowest BCUT2D eigenvalue weighted by atomic mass is 10.2. The van der Waals surface area contributed by atoms with Gasteiger partial charge in [0.1, 0.15) is 13.2 Å². The molecule has 7 nitrogen and oxygen atoms in total. The number of sulfone groups is 1. The van der Waals surface area contributed by atoms with E-state index in [1.54, 1.807) is 19.1 Å². The second kappa shape index (κ2) is 7.64. The minimum atomic E-state index is -3.39. The van der Waals surface area contributed by atoms with Crippen LogP contribution in [0.4, 0.5) is 0 Å². The number of rotatable bonds is 4. The van der Waals surface area contributed by atoms with E-state index in [-0.39, 0.29) is 16.2 Å². The molecule has 29 heavy (non-hydrogen) atoms. The molecule has 0 atom stereocenters. The van der Waals surface area contributed by atoms with Crippen molar-refractivity contribution in [2.75, 3.05) is 19.0 Å². The van der Waals surface area contributed by atoms with Gasteiger partial charge in [-0.1, -0.05) is 24.3 Å². The van der Waals surface area contributed by atoms with E-state index < -0.39 is 15.7 Å². The Labute approximate surface area is 172 Å². The van der Waals surface area contributed by atoms with Crippen LogP contribution in [-0.2, 0) is 16.4 Å². The van der Waals surface area contributed by atoms with Gasteiger partial charge >= 0.3 is 0 Å². The van der Waals surface area contributed by atoms with E-state index in [4.69, 9.17) is 9.47 Å². The lowest BCUT2D eigenvalue weighted by Gasteiger charge is -2.18. The molecule has 0 unspecified atom stereocenters. The Bertz CT molecular complexity index is 1270. The van der Waals surface area contributed by atoms with Crippen molar-refractivity contribution in [3.05, 3.63) is 46.8 Å². The minimum absolute atomic E-state index is 0.0251. The minimum Gasteiger partial charge on any atom is -0.486 e. The third-order valence-electron chi connectivity index (χ3n) is 4.68. The quantitative estimate of drug-likeness (QED) is 0.632. The van der Waals surface area contributed by atoms with Crippen LogP contribution < -0.4 is 14.3 Å². The number of aromatic nitrogens is 1. The van der Waals surface area contributed by atoms with Crippen molar-refractivity contribution in [2.24, 2.45) is 4.99 Å². The van der Waals surface area contributed by atoms with Gasteiger partial charge in [0.05, 0.1) is 20.9 Å². The summed E-state index contributed by atoms with van der Waals surface area (Å²) in [4.78, 5) is 17.7. The van der Waals surface area contributed by atoms with Crippen LogP contribution in [0.25, 0.3) is 10.2 Å². The van der Waals surface area contributed by atoms with E-state index in [1.807, 2.05) is 23.6 Å². The highest BCUT2D eigenvalue weighted by Crippen LogP contribution is 2.35. The summed E-state index contributed by atoms with van der Waals surface area (Å²) < 4.78 is 38.4. The van der Waals surface area contributed by atoms with E-state index >= 15 is 0 Å². The standard InChI is InChI=1S/C20H20N2O5S2/c1-3-22-15-11-16-17(27-9-8-26-16)12-18(15)28-20(22)21-19(23)13-6-5-7-14(10-13)29(24,25)4-2/h5-7,10-12H,3-4,8-9H2,1-2H3. The van der Waals surface area contributed by atoms with Crippen LogP contribution in [0.5, 0.6) is 11.5 Å². The van der Waals surface area contributed by atoms with Crippen molar-refractivity contribution in [1.82, 2.24) is 4.57 Å². The number of benzene rings is 2. The van der Waals surface area contributed by atoms with Crippen LogP contribution in [-0.4, -0.2) is 37.9 Å². The number of hydrogen-bond acceptors (Lipinski definition) is 6. The molecular formula is C20H20N2O5S2. The molecule has 2 heterocycles. The van der Waals surface area contributed by atoms with Crippen LogP contribution in [0.2, 0.25) is 0 Å². The first-order valence-corrected chi connectivity index (χ1v) is 11.7. The van der Waals surface area contributed by atoms with Crippen molar-refractivity contribution in [2.45, 2.75) is 25.3 Å². The molecule has 2 aromatic carbocycles. The predicted molar refractivity (Wildman–Crippen MR) is 111 cm³/mol. The normalized spacial score (nSPS) is 14.3. The second-order valence-corrected chi connectivity index (χ2v) is 9.73. The summed E-state index contributed by atoms with van der Waals surface area (Å²) in [5, 5.41) is 0. The number of aryl methyl sites for hydroxylation is 1. The molecule has 0 radical (unpaired) electrons. The average Bonchev–Trinajstić information content (AvgIpc) is 3.07. The zero-order chi connectivity index (χ0) is 20.6. The van der Waals surface area contributed by atoms with Gasteiger partial charge in [-0.25, -0.2) is 8.42 Å². The molecule has 152 valence electrons. The first-order chi connectivity index (χ1) is 13.9. The lowest BCUT2D eigenvalue weighted by Crippen LogP contribution is -2.17. The number of hydrogen-bond donors (Lipinski definition) is 0. The van der Waals surface area contributed by atoms with E-state index in [2.05, 4.69) is 4.99 Å². The van der Waals surface area contributed by atoms with Gasteiger partial charge in [-0.05, 0) is 25.1 Å². The van der Waals surface area contributed by atoms with Crippen LogP contribution in [0.1, 0.15) is 24.2 Å². The summed E-state index contributed by atoms with van der Waals surface area (Å²) in [5.74, 6) is 0.856. The highest BCUT2D eigenvalue weighted by atomic mass is 32.2. The maximum Gasteiger partial charge on any atom is 0.279 e. The highest BCUT2D eigenvalue weighted by molar-refractivity contribution is 7.91. The van der Waals surface area contributed by atoms with Crippen LogP contribution in [0.3, 0.4) is 0 Å². The summed E-state index contributed by atoms with van der Waals surface area (Å²) in [6, 6.07) is 9.82. The number of nitrogens with zero attached hydrogens (tertiary/aromatic N) is 2. The highest BCUT2D eigenvalue weighted by Gasteiger charge is 2.17. The van der Waals surface area contributed by atoms with E-state index in [0.717, 1.165) is 10.2 Å². The maximum atomic E-state index is 12.8. The van der Waals surface area contributed by atoms with Gasteiger partial charge in [0.2, 0.25) is 0 Å². The summed E-state index contributed by atoms with van der Waals surface area (Å²) in [6.45, 7) is 5.17. The molecule has 4 rings (SSSR count). The van der Waals surface area contributed by atoms with Crippen molar-refractivity contribution in [3.63, 3.8) is 0 Å². The van der Waals surface area contributed by atoms with E-state index in [9.17, 15) is 13.2 Å². The topological polar surface area (TPSA) is 87.0 Å². The Morgan fingerprint density at radius 2 is 1.86 bits per heavy atom. The molecule has 3 aromatic rings. The Morgan fingerprint density at radius 1 is 1.14 bits per heavy atom. The van der Waals surface area contributed by atoms with Crippen molar-refractivity contribution in [1.29, 1.82) is 0 Å². The largest absolute Gasteiger partial charge is 0.486 e. The van der Waals surface area contributed by atoms with Crippen molar-refractivity contribution < 1.29 is 22.7 Å². The number of carbonyl (C=O) groups is 1. The Balaban J connectivity index is 1.80. The smallest absolute Gasteiger partial charge is 0.279 e. The number of thiazole rings is 1. The average molecular weight is 433 g/mol. The van der Waals surface area contributed by atoms with Crippen LogP contribution in [0, 0.1) is 0 Å². The summed E-state index contributed by atoms with van der Waals surface area (Å²) in [5.41, 5.74) is 1.15. The molecule has 0 saturated heterocycles. The fourth-order valence-electron chi connectivity index (χ4n) is 3.14. The van der Waals surface area contributed by atoms with Gasteiger partial charge in [0, 0.05) is 24.2 Å². The fraction of sp³-hybridized carbons (Fsp3) is 0.300. The van der Waals surface area contributed by atoms with Crippen molar-refractivity contribution in [3.8, 4) is 11.5 Å². The summed E-state index contributed by atoms with van der Waals surface area (Å²) >= 11 is 1.38.